The molecule has 2 aromatic rings. The monoisotopic (exact) mass is 422 g/mol. The lowest BCUT2D eigenvalue weighted by Gasteiger charge is -2.19. The number of nitrogen functional groups attached to an aromatic ring is 1. The van der Waals surface area contributed by atoms with Gasteiger partial charge in [-0.15, -0.1) is 0 Å². The van der Waals surface area contributed by atoms with Crippen LogP contribution >= 0.6 is 0 Å². The van der Waals surface area contributed by atoms with E-state index in [2.05, 4.69) is 10.4 Å². The minimum absolute atomic E-state index is 0.106. The summed E-state index contributed by atoms with van der Waals surface area (Å²) in [5.74, 6) is 1.32. The van der Waals surface area contributed by atoms with Gasteiger partial charge in [0.2, 0.25) is 0 Å². The molecule has 0 bridgehead atoms. The van der Waals surface area contributed by atoms with Crippen molar-refractivity contribution in [2.24, 2.45) is 22.4 Å². The molecule has 0 amide bonds. The number of rotatable bonds is 8. The van der Waals surface area contributed by atoms with Crippen LogP contribution in [-0.4, -0.2) is 32.3 Å². The summed E-state index contributed by atoms with van der Waals surface area (Å²) in [6, 6.07) is 12.7. The summed E-state index contributed by atoms with van der Waals surface area (Å²) in [6.45, 7) is 0. The van der Waals surface area contributed by atoms with E-state index in [-0.39, 0.29) is 12.0 Å². The smallest absolute Gasteiger partial charge is 0.152 e. The average molecular weight is 423 g/mol. The molecule has 3 rings (SSSR count). The van der Waals surface area contributed by atoms with Crippen molar-refractivity contribution in [3.05, 3.63) is 59.8 Å². The number of allylic oxidation sites excluding steroid dienone is 1. The minimum Gasteiger partial charge on any atom is -0.490 e. The van der Waals surface area contributed by atoms with Gasteiger partial charge in [-0.05, 0) is 67.8 Å². The first-order valence-corrected chi connectivity index (χ1v) is 10.2. The largest absolute Gasteiger partial charge is 0.490 e. The molecule has 1 fully saturated rings. The molecule has 2 unspecified atom stereocenters. The Kier molecular flexibility index (Phi) is 7.15. The molecule has 1 saturated carbocycles. The fourth-order valence-corrected chi connectivity index (χ4v) is 3.67. The Morgan fingerprint density at radius 1 is 1.19 bits per heavy atom. The number of hydrogen-bond acceptors (Lipinski definition) is 7. The predicted octanol–water partition coefficient (Wildman–Crippen LogP) is 2.73. The molecule has 0 spiro atoms. The van der Waals surface area contributed by atoms with E-state index >= 15 is 0 Å². The third-order valence-electron chi connectivity index (χ3n) is 5.45. The molecule has 0 aliphatic heterocycles. The number of carbonyl (C=O) groups is 1. The Morgan fingerprint density at radius 3 is 2.61 bits per heavy atom. The van der Waals surface area contributed by atoms with Crippen LogP contribution in [0.1, 0.15) is 29.6 Å². The fraction of sp³-hybridized carbons (Fsp3) is 0.304. The van der Waals surface area contributed by atoms with Crippen LogP contribution in [0.15, 0.2) is 59.2 Å². The quantitative estimate of drug-likeness (QED) is 0.169. The van der Waals surface area contributed by atoms with Crippen molar-refractivity contribution in [2.75, 3.05) is 24.8 Å². The molecule has 164 valence electrons. The van der Waals surface area contributed by atoms with Gasteiger partial charge in [0.05, 0.1) is 17.5 Å². The van der Waals surface area contributed by atoms with Crippen molar-refractivity contribution in [3.63, 3.8) is 0 Å². The molecule has 7 N–H and O–H groups in total. The molecule has 1 aliphatic carbocycles. The highest BCUT2D eigenvalue weighted by atomic mass is 16.5. The summed E-state index contributed by atoms with van der Waals surface area (Å²) in [4.78, 5) is 15.7. The maximum absolute atomic E-state index is 11.3. The molecule has 8 heteroatoms. The lowest BCUT2D eigenvalue weighted by Crippen LogP contribution is -2.31. The minimum atomic E-state index is 0.106. The van der Waals surface area contributed by atoms with E-state index in [4.69, 9.17) is 21.9 Å². The lowest BCUT2D eigenvalue weighted by atomic mass is 10.0. The number of carbonyl (C=O) groups excluding carboxylic acids is 1. The summed E-state index contributed by atoms with van der Waals surface area (Å²) < 4.78 is 6.04. The highest BCUT2D eigenvalue weighted by Crippen LogP contribution is 2.32. The Morgan fingerprint density at radius 2 is 1.94 bits per heavy atom. The summed E-state index contributed by atoms with van der Waals surface area (Å²) in [5, 5.41) is 1.74. The predicted molar refractivity (Wildman–Crippen MR) is 125 cm³/mol. The second-order valence-electron chi connectivity index (χ2n) is 7.64. The number of nitrogens with two attached hydrogens (primary N) is 3. The standard InChI is InChI=1S/C23H30N6O2/c1-27-29(2)22-12-18(7-3-16(22)14-30)28-23(26)13-21(25)15-4-8-20(11-15)31-19-9-5-17(24)6-10-19/h3,5-7,9-10,12-15,20,27H,4,8,11,24-25H2,1-2H3,(H2,26,28)/b21-13-. The summed E-state index contributed by atoms with van der Waals surface area (Å²) >= 11 is 0. The van der Waals surface area contributed by atoms with Crippen LogP contribution in [0.5, 0.6) is 5.75 Å². The molecular formula is C23H30N6O2. The normalized spacial score (nSPS) is 19.3. The van der Waals surface area contributed by atoms with Crippen LogP contribution in [0.2, 0.25) is 0 Å². The van der Waals surface area contributed by atoms with Gasteiger partial charge in [-0.1, -0.05) is 0 Å². The SMILES string of the molecule is CNN(C)c1cc(N=C(N)/C=C(\N)C2CCC(Oc3ccc(N)cc3)C2)ccc1C=O. The molecule has 0 heterocycles. The van der Waals surface area contributed by atoms with Crippen molar-refractivity contribution in [1.29, 1.82) is 0 Å². The van der Waals surface area contributed by atoms with E-state index < -0.39 is 0 Å². The van der Waals surface area contributed by atoms with E-state index in [1.807, 2.05) is 31.3 Å². The number of benzene rings is 2. The Labute approximate surface area is 182 Å². The zero-order chi connectivity index (χ0) is 22.4. The third kappa shape index (κ3) is 5.76. The van der Waals surface area contributed by atoms with Crippen LogP contribution in [0.25, 0.3) is 0 Å². The van der Waals surface area contributed by atoms with Gasteiger partial charge in [0.1, 0.15) is 11.6 Å². The van der Waals surface area contributed by atoms with Crippen molar-refractivity contribution in [1.82, 2.24) is 5.43 Å². The Balaban J connectivity index is 1.66. The Hall–Kier alpha value is -3.52. The van der Waals surface area contributed by atoms with Crippen molar-refractivity contribution in [2.45, 2.75) is 25.4 Å². The molecular weight excluding hydrogens is 392 g/mol. The topological polar surface area (TPSA) is 132 Å². The fourth-order valence-electron chi connectivity index (χ4n) is 3.67. The number of hydrogen-bond donors (Lipinski definition) is 4. The molecule has 0 radical (unpaired) electrons. The number of anilines is 2. The number of nitrogens with zero attached hydrogens (tertiary/aromatic N) is 2. The zero-order valence-corrected chi connectivity index (χ0v) is 17.9. The van der Waals surface area contributed by atoms with Crippen LogP contribution < -0.4 is 32.4 Å². The van der Waals surface area contributed by atoms with Gasteiger partial charge in [0.15, 0.2) is 6.29 Å². The summed E-state index contributed by atoms with van der Waals surface area (Å²) in [5.41, 5.74) is 24.5. The number of amidine groups is 1. The van der Waals surface area contributed by atoms with Gasteiger partial charge < -0.3 is 26.9 Å². The van der Waals surface area contributed by atoms with Crippen LogP contribution in [0, 0.1) is 5.92 Å². The van der Waals surface area contributed by atoms with Crippen LogP contribution in [-0.2, 0) is 0 Å². The van der Waals surface area contributed by atoms with Crippen molar-refractivity contribution in [3.8, 4) is 5.75 Å². The van der Waals surface area contributed by atoms with Gasteiger partial charge in [-0.25, -0.2) is 10.4 Å². The molecule has 0 saturated heterocycles. The number of aliphatic imine (C=N–C) groups is 1. The number of nitrogens with one attached hydrogen (secondary N) is 1. The average Bonchev–Trinajstić information content (AvgIpc) is 3.23. The molecule has 8 nitrogen and oxygen atoms in total. The maximum Gasteiger partial charge on any atom is 0.152 e. The maximum atomic E-state index is 11.3. The highest BCUT2D eigenvalue weighted by molar-refractivity contribution is 5.94. The highest BCUT2D eigenvalue weighted by Gasteiger charge is 2.28. The Bertz CT molecular complexity index is 971. The van der Waals surface area contributed by atoms with E-state index in [1.165, 1.54) is 0 Å². The lowest BCUT2D eigenvalue weighted by molar-refractivity contribution is 0.112. The molecule has 0 aromatic heterocycles. The number of ether oxygens (including phenoxy) is 1. The van der Waals surface area contributed by atoms with E-state index in [0.29, 0.717) is 34.2 Å². The molecule has 2 atom stereocenters. The van der Waals surface area contributed by atoms with Crippen LogP contribution in [0.3, 0.4) is 0 Å². The van der Waals surface area contributed by atoms with Gasteiger partial charge >= 0.3 is 0 Å². The molecule has 31 heavy (non-hydrogen) atoms. The van der Waals surface area contributed by atoms with Gasteiger partial charge in [0.25, 0.3) is 0 Å². The van der Waals surface area contributed by atoms with Crippen molar-refractivity contribution < 1.29 is 9.53 Å². The van der Waals surface area contributed by atoms with Gasteiger partial charge in [0, 0.05) is 37.0 Å². The molecule has 2 aromatic carbocycles. The first-order chi connectivity index (χ1) is 14.9. The first-order valence-electron chi connectivity index (χ1n) is 10.2. The van der Waals surface area contributed by atoms with E-state index in [9.17, 15) is 4.79 Å². The van der Waals surface area contributed by atoms with E-state index in [1.54, 1.807) is 36.3 Å². The summed E-state index contributed by atoms with van der Waals surface area (Å²) in [7, 11) is 3.59. The zero-order valence-electron chi connectivity index (χ0n) is 17.9. The van der Waals surface area contributed by atoms with Gasteiger partial charge in [-0.2, -0.15) is 0 Å². The van der Waals surface area contributed by atoms with Crippen LogP contribution in [0.4, 0.5) is 17.1 Å². The van der Waals surface area contributed by atoms with Gasteiger partial charge in [-0.3, -0.25) is 4.79 Å². The number of hydrazine groups is 1. The summed E-state index contributed by atoms with van der Waals surface area (Å²) in [6.07, 6.45) is 5.31. The second-order valence-corrected chi connectivity index (χ2v) is 7.64. The first kappa shape index (κ1) is 22.2. The third-order valence-corrected chi connectivity index (χ3v) is 5.45. The molecule has 1 aliphatic rings. The number of aldehydes is 1. The van der Waals surface area contributed by atoms with Crippen molar-refractivity contribution >= 4 is 29.2 Å². The van der Waals surface area contributed by atoms with E-state index in [0.717, 1.165) is 31.3 Å². The second kappa shape index (κ2) is 9.99.